The number of hydrogen-bond acceptors (Lipinski definition) is 6. The van der Waals surface area contributed by atoms with E-state index in [4.69, 9.17) is 21.1 Å². The van der Waals surface area contributed by atoms with E-state index in [1.807, 2.05) is 47.0 Å². The van der Waals surface area contributed by atoms with E-state index in [1.54, 1.807) is 6.08 Å². The van der Waals surface area contributed by atoms with E-state index < -0.39 is 0 Å². The Morgan fingerprint density at radius 2 is 1.91 bits per heavy atom. The number of amides is 1. The van der Waals surface area contributed by atoms with Gasteiger partial charge < -0.3 is 14.8 Å². The predicted octanol–water partition coefficient (Wildman–Crippen LogP) is 5.16. The van der Waals surface area contributed by atoms with Crippen molar-refractivity contribution in [3.63, 3.8) is 0 Å². The van der Waals surface area contributed by atoms with Crippen LogP contribution in [-0.4, -0.2) is 39.6 Å². The maximum absolute atomic E-state index is 12.9. The smallest absolute Gasteiger partial charge is 0.230 e. The van der Waals surface area contributed by atoms with Crippen LogP contribution in [0, 0.1) is 5.92 Å². The zero-order valence-corrected chi connectivity index (χ0v) is 20.7. The Morgan fingerprint density at radius 1 is 1.18 bits per heavy atom. The highest BCUT2D eigenvalue weighted by Crippen LogP contribution is 2.34. The Hall–Kier alpha value is -2.97. The molecule has 0 bridgehead atoms. The number of nitrogens with zero attached hydrogens (tertiary/aromatic N) is 3. The molecule has 1 unspecified atom stereocenters. The number of allylic oxidation sites excluding steroid dienone is 1. The number of carbonyl (C=O) groups is 1. The van der Waals surface area contributed by atoms with Crippen LogP contribution in [0.4, 0.5) is 0 Å². The summed E-state index contributed by atoms with van der Waals surface area (Å²) in [7, 11) is 0. The first-order valence-corrected chi connectivity index (χ1v) is 12.4. The first-order valence-electron chi connectivity index (χ1n) is 11.1. The molecule has 0 saturated heterocycles. The van der Waals surface area contributed by atoms with Crippen LogP contribution in [0.15, 0.2) is 60.3 Å². The minimum Gasteiger partial charge on any atom is -0.486 e. The van der Waals surface area contributed by atoms with Gasteiger partial charge in [0.15, 0.2) is 22.5 Å². The van der Waals surface area contributed by atoms with Crippen molar-refractivity contribution in [2.45, 2.75) is 31.6 Å². The molecule has 1 amide bonds. The number of aromatic nitrogens is 3. The number of rotatable bonds is 9. The maximum atomic E-state index is 12.9. The molecular weight excluding hydrogens is 472 g/mol. The molecule has 0 aliphatic carbocycles. The number of nitrogens with one attached hydrogen (secondary N) is 1. The first-order chi connectivity index (χ1) is 16.5. The number of fused-ring (bicyclic) bond motifs is 1. The Labute approximate surface area is 208 Å². The highest BCUT2D eigenvalue weighted by Gasteiger charge is 2.22. The highest BCUT2D eigenvalue weighted by molar-refractivity contribution is 7.99. The lowest BCUT2D eigenvalue weighted by atomic mass is 9.95. The molecule has 0 spiro atoms. The molecule has 3 aromatic rings. The quantitative estimate of drug-likeness (QED) is 0.324. The molecule has 1 aromatic heterocycles. The Kier molecular flexibility index (Phi) is 7.80. The van der Waals surface area contributed by atoms with Gasteiger partial charge in [-0.25, -0.2) is 0 Å². The third-order valence-corrected chi connectivity index (χ3v) is 6.59. The lowest BCUT2D eigenvalue weighted by Gasteiger charge is -2.25. The van der Waals surface area contributed by atoms with Crippen LogP contribution in [0.3, 0.4) is 0 Å². The van der Waals surface area contributed by atoms with Gasteiger partial charge in [0, 0.05) is 17.1 Å². The van der Waals surface area contributed by atoms with Crippen LogP contribution in [0.5, 0.6) is 11.5 Å². The minimum atomic E-state index is -0.153. The molecule has 2 heterocycles. The minimum absolute atomic E-state index is 0.0835. The van der Waals surface area contributed by atoms with E-state index >= 15 is 0 Å². The molecule has 7 nitrogen and oxygen atoms in total. The Bertz CT molecular complexity index is 1160. The third-order valence-electron chi connectivity index (χ3n) is 5.37. The van der Waals surface area contributed by atoms with Crippen LogP contribution in [0.1, 0.15) is 25.5 Å². The molecule has 178 valence electrons. The summed E-state index contributed by atoms with van der Waals surface area (Å²) >= 11 is 7.36. The standard InChI is InChI=1S/C25H27ClN4O3S/c1-4-11-30-24(17-5-8-19(26)9-6-17)28-29-25(30)34-15-22(31)27-23(16(2)3)18-7-10-20-21(14-18)33-13-12-32-20/h4-10,14,16,23H,1,11-13,15H2,2-3H3,(H,27,31). The van der Waals surface area contributed by atoms with Crippen molar-refractivity contribution in [1.82, 2.24) is 20.1 Å². The highest BCUT2D eigenvalue weighted by atomic mass is 35.5. The van der Waals surface area contributed by atoms with Gasteiger partial charge in [0.1, 0.15) is 13.2 Å². The van der Waals surface area contributed by atoms with Crippen molar-refractivity contribution in [3.8, 4) is 22.9 Å². The van der Waals surface area contributed by atoms with E-state index in [9.17, 15) is 4.79 Å². The van der Waals surface area contributed by atoms with Gasteiger partial charge in [0.25, 0.3) is 0 Å². The van der Waals surface area contributed by atoms with Crippen molar-refractivity contribution in [2.24, 2.45) is 5.92 Å². The van der Waals surface area contributed by atoms with E-state index in [1.165, 1.54) is 11.8 Å². The van der Waals surface area contributed by atoms with Gasteiger partial charge in [0.05, 0.1) is 11.8 Å². The van der Waals surface area contributed by atoms with Gasteiger partial charge in [0.2, 0.25) is 5.91 Å². The summed E-state index contributed by atoms with van der Waals surface area (Å²) in [6, 6.07) is 13.1. The fourth-order valence-electron chi connectivity index (χ4n) is 3.74. The van der Waals surface area contributed by atoms with Crippen LogP contribution in [-0.2, 0) is 11.3 Å². The topological polar surface area (TPSA) is 78.3 Å². The predicted molar refractivity (Wildman–Crippen MR) is 135 cm³/mol. The summed E-state index contributed by atoms with van der Waals surface area (Å²) in [5.41, 5.74) is 1.88. The molecule has 1 atom stereocenters. The average Bonchev–Trinajstić information content (AvgIpc) is 3.24. The van der Waals surface area contributed by atoms with E-state index in [-0.39, 0.29) is 23.6 Å². The van der Waals surface area contributed by atoms with Gasteiger partial charge in [-0.15, -0.1) is 16.8 Å². The molecular formula is C25H27ClN4O3S. The molecule has 0 saturated carbocycles. The zero-order chi connectivity index (χ0) is 24.1. The van der Waals surface area contributed by atoms with Gasteiger partial charge in [-0.05, 0) is 47.9 Å². The lowest BCUT2D eigenvalue weighted by Crippen LogP contribution is -2.33. The Balaban J connectivity index is 1.45. The molecule has 1 aliphatic heterocycles. The molecule has 34 heavy (non-hydrogen) atoms. The summed E-state index contributed by atoms with van der Waals surface area (Å²) in [6.07, 6.45) is 1.78. The third kappa shape index (κ3) is 5.56. The molecule has 0 radical (unpaired) electrons. The maximum Gasteiger partial charge on any atom is 0.230 e. The summed E-state index contributed by atoms with van der Waals surface area (Å²) in [6.45, 7) is 9.59. The van der Waals surface area contributed by atoms with E-state index in [2.05, 4.69) is 35.9 Å². The number of halogens is 1. The second-order valence-electron chi connectivity index (χ2n) is 8.19. The zero-order valence-electron chi connectivity index (χ0n) is 19.2. The van der Waals surface area contributed by atoms with Crippen molar-refractivity contribution in [3.05, 3.63) is 65.7 Å². The molecule has 2 aromatic carbocycles. The largest absolute Gasteiger partial charge is 0.486 e. The molecule has 1 aliphatic rings. The normalized spacial score (nSPS) is 13.5. The van der Waals surface area contributed by atoms with Crippen molar-refractivity contribution in [1.29, 1.82) is 0 Å². The molecule has 0 fully saturated rings. The van der Waals surface area contributed by atoms with Crippen molar-refractivity contribution >= 4 is 29.3 Å². The second-order valence-corrected chi connectivity index (χ2v) is 9.57. The molecule has 1 N–H and O–H groups in total. The lowest BCUT2D eigenvalue weighted by molar-refractivity contribution is -0.119. The van der Waals surface area contributed by atoms with E-state index in [0.29, 0.717) is 41.5 Å². The van der Waals surface area contributed by atoms with Crippen LogP contribution in [0.2, 0.25) is 5.02 Å². The molecule has 9 heteroatoms. The number of carbonyl (C=O) groups excluding carboxylic acids is 1. The van der Waals surface area contributed by atoms with Gasteiger partial charge in [-0.2, -0.15) is 0 Å². The van der Waals surface area contributed by atoms with Crippen molar-refractivity contribution in [2.75, 3.05) is 19.0 Å². The SMILES string of the molecule is C=CCn1c(SCC(=O)NC(c2ccc3c(c2)OCCO3)C(C)C)nnc1-c1ccc(Cl)cc1. The first kappa shape index (κ1) is 24.2. The Morgan fingerprint density at radius 3 is 2.62 bits per heavy atom. The average molecular weight is 499 g/mol. The van der Waals surface area contributed by atoms with Crippen LogP contribution < -0.4 is 14.8 Å². The van der Waals surface area contributed by atoms with Crippen LogP contribution >= 0.6 is 23.4 Å². The summed E-state index contributed by atoms with van der Waals surface area (Å²) in [5.74, 6) is 2.47. The summed E-state index contributed by atoms with van der Waals surface area (Å²) in [5, 5.41) is 13.1. The fourth-order valence-corrected chi connectivity index (χ4v) is 4.62. The number of ether oxygens (including phenoxy) is 2. The summed E-state index contributed by atoms with van der Waals surface area (Å²) in [4.78, 5) is 12.9. The number of benzene rings is 2. The second kappa shape index (κ2) is 11.0. The fraction of sp³-hybridized carbons (Fsp3) is 0.320. The van der Waals surface area contributed by atoms with Crippen LogP contribution in [0.25, 0.3) is 11.4 Å². The van der Waals surface area contributed by atoms with Gasteiger partial charge in [-0.1, -0.05) is 49.4 Å². The number of hydrogen-bond donors (Lipinski definition) is 1. The number of thioether (sulfide) groups is 1. The van der Waals surface area contributed by atoms with E-state index in [0.717, 1.165) is 16.9 Å². The molecule has 4 rings (SSSR count). The van der Waals surface area contributed by atoms with Crippen molar-refractivity contribution < 1.29 is 14.3 Å². The van der Waals surface area contributed by atoms with Gasteiger partial charge >= 0.3 is 0 Å². The summed E-state index contributed by atoms with van der Waals surface area (Å²) < 4.78 is 13.3. The van der Waals surface area contributed by atoms with Gasteiger partial charge in [-0.3, -0.25) is 9.36 Å². The monoisotopic (exact) mass is 498 g/mol.